The monoisotopic (exact) mass is 387 g/mol. The van der Waals surface area contributed by atoms with E-state index in [4.69, 9.17) is 27.9 Å². The molecule has 1 heterocycles. The Balaban J connectivity index is 2.30. The lowest BCUT2D eigenvalue weighted by atomic mass is 9.84. The van der Waals surface area contributed by atoms with Crippen molar-refractivity contribution in [3.63, 3.8) is 0 Å². The topological polar surface area (TPSA) is 55.4 Å². The fourth-order valence-corrected chi connectivity index (χ4v) is 3.57. The maximum Gasteiger partial charge on any atom is 0.336 e. The maximum atomic E-state index is 12.5. The summed E-state index contributed by atoms with van der Waals surface area (Å²) < 4.78 is 5.37. The van der Waals surface area contributed by atoms with Crippen molar-refractivity contribution in [3.8, 4) is 0 Å². The van der Waals surface area contributed by atoms with E-state index in [0.29, 0.717) is 33.5 Å². The largest absolute Gasteiger partial charge is 0.461 e. The van der Waals surface area contributed by atoms with Crippen molar-refractivity contribution in [1.82, 2.24) is 5.32 Å². The van der Waals surface area contributed by atoms with Crippen LogP contribution in [0.3, 0.4) is 0 Å². The predicted octanol–water partition coefficient (Wildman–Crippen LogP) is 4.17. The molecule has 0 fully saturated rings. The minimum atomic E-state index is -0.462. The summed E-state index contributed by atoms with van der Waals surface area (Å²) in [6.45, 7) is 4.07. The van der Waals surface area contributed by atoms with E-state index < -0.39 is 11.9 Å². The van der Waals surface area contributed by atoms with Crippen molar-refractivity contribution >= 4 is 46.8 Å². The molecule has 1 amide bonds. The van der Waals surface area contributed by atoms with Crippen LogP contribution in [0.25, 0.3) is 0 Å². The molecule has 0 aromatic heterocycles. The number of halogens is 2. The average molecular weight is 388 g/mol. The molecule has 1 atom stereocenters. The van der Waals surface area contributed by atoms with Gasteiger partial charge in [-0.05, 0) is 24.3 Å². The Bertz CT molecular complexity index is 676. The van der Waals surface area contributed by atoms with Gasteiger partial charge < -0.3 is 10.1 Å². The van der Waals surface area contributed by atoms with Crippen LogP contribution < -0.4 is 5.32 Å². The van der Waals surface area contributed by atoms with E-state index in [1.165, 1.54) is 0 Å². The third kappa shape index (κ3) is 4.47. The molecule has 0 bridgehead atoms. The van der Waals surface area contributed by atoms with E-state index >= 15 is 0 Å². The molecule has 4 nitrogen and oxygen atoms in total. The summed E-state index contributed by atoms with van der Waals surface area (Å²) in [6, 6.07) is 5.21. The lowest BCUT2D eigenvalue weighted by Gasteiger charge is -2.27. The van der Waals surface area contributed by atoms with Crippen molar-refractivity contribution in [2.75, 3.05) is 18.1 Å². The normalized spacial score (nSPS) is 17.7. The molecule has 1 aliphatic heterocycles. The summed E-state index contributed by atoms with van der Waals surface area (Å²) in [5, 5.41) is 3.46. The van der Waals surface area contributed by atoms with Gasteiger partial charge in [0.2, 0.25) is 5.91 Å². The molecule has 0 saturated carbocycles. The molecule has 7 heteroatoms. The van der Waals surface area contributed by atoms with Crippen LogP contribution >= 0.6 is 35.0 Å². The van der Waals surface area contributed by atoms with Gasteiger partial charge in [-0.3, -0.25) is 4.79 Å². The fraction of sp³-hybridized carbons (Fsp3) is 0.412. The minimum Gasteiger partial charge on any atom is -0.461 e. The second-order valence-electron chi connectivity index (χ2n) is 5.32. The Kier molecular flexibility index (Phi) is 7.02. The molecule has 0 spiro atoms. The van der Waals surface area contributed by atoms with Gasteiger partial charge in [0.15, 0.2) is 0 Å². The number of benzene rings is 1. The number of rotatable bonds is 6. The van der Waals surface area contributed by atoms with E-state index in [-0.39, 0.29) is 12.3 Å². The molecule has 1 aromatic rings. The van der Waals surface area contributed by atoms with Gasteiger partial charge in [0.05, 0.1) is 15.6 Å². The summed E-state index contributed by atoms with van der Waals surface area (Å²) in [7, 11) is 0. The highest BCUT2D eigenvalue weighted by atomic mass is 35.5. The number of carbonyl (C=O) groups excluding carboxylic acids is 2. The molecular formula is C17H19Cl2NO3S. The first kappa shape index (κ1) is 19.2. The Morgan fingerprint density at radius 1 is 1.42 bits per heavy atom. The first-order chi connectivity index (χ1) is 11.5. The number of amides is 1. The second kappa shape index (κ2) is 8.79. The van der Waals surface area contributed by atoms with Crippen LogP contribution in [0, 0.1) is 0 Å². The highest BCUT2D eigenvalue weighted by molar-refractivity contribution is 7.99. The Morgan fingerprint density at radius 3 is 2.88 bits per heavy atom. The molecule has 2 rings (SSSR count). The van der Waals surface area contributed by atoms with Crippen molar-refractivity contribution in [2.24, 2.45) is 0 Å². The highest BCUT2D eigenvalue weighted by Gasteiger charge is 2.34. The van der Waals surface area contributed by atoms with E-state index in [9.17, 15) is 9.59 Å². The Labute approximate surface area is 155 Å². The molecule has 1 aliphatic rings. The van der Waals surface area contributed by atoms with Crippen molar-refractivity contribution in [1.29, 1.82) is 0 Å². The average Bonchev–Trinajstić information content (AvgIpc) is 2.53. The molecule has 0 unspecified atom stereocenters. The maximum absolute atomic E-state index is 12.5. The lowest BCUT2D eigenvalue weighted by Crippen LogP contribution is -2.34. The van der Waals surface area contributed by atoms with E-state index in [1.54, 1.807) is 36.9 Å². The number of allylic oxidation sites excluding steroid dienone is 1. The predicted molar refractivity (Wildman–Crippen MR) is 98.6 cm³/mol. The number of ether oxygens (including phenoxy) is 1. The number of carbonyl (C=O) groups is 2. The third-order valence-electron chi connectivity index (χ3n) is 3.71. The van der Waals surface area contributed by atoms with Gasteiger partial charge in [-0.15, -0.1) is 0 Å². The molecule has 1 N–H and O–H groups in total. The zero-order valence-electron chi connectivity index (χ0n) is 13.5. The highest BCUT2D eigenvalue weighted by Crippen LogP contribution is 2.39. The Morgan fingerprint density at radius 2 is 2.17 bits per heavy atom. The first-order valence-electron chi connectivity index (χ1n) is 7.65. The summed E-state index contributed by atoms with van der Waals surface area (Å²) in [6.07, 6.45) is 0.131. The fourth-order valence-electron chi connectivity index (χ4n) is 2.64. The van der Waals surface area contributed by atoms with Crippen molar-refractivity contribution in [2.45, 2.75) is 26.2 Å². The van der Waals surface area contributed by atoms with Crippen LogP contribution in [0.4, 0.5) is 0 Å². The lowest BCUT2D eigenvalue weighted by molar-refractivity contribution is -0.139. The number of hydrogen-bond acceptors (Lipinski definition) is 4. The van der Waals surface area contributed by atoms with Crippen LogP contribution in [-0.4, -0.2) is 30.0 Å². The van der Waals surface area contributed by atoms with Gasteiger partial charge in [0.25, 0.3) is 0 Å². The standard InChI is InChI=1S/C17H19Cl2NO3S/c1-3-24-8-7-23-17(22)15-10(2)20-14(21)9-12(15)11-5-4-6-13(18)16(11)19/h4-6,12H,3,7-9H2,1-2H3,(H,20,21)/t12-/m1/s1. The van der Waals surface area contributed by atoms with Gasteiger partial charge in [-0.1, -0.05) is 42.3 Å². The van der Waals surface area contributed by atoms with Crippen LogP contribution in [0.2, 0.25) is 10.0 Å². The number of thioether (sulfide) groups is 1. The van der Waals surface area contributed by atoms with E-state index in [0.717, 1.165) is 11.5 Å². The molecule has 130 valence electrons. The number of esters is 1. The Hall–Kier alpha value is -1.17. The van der Waals surface area contributed by atoms with Crippen molar-refractivity contribution in [3.05, 3.63) is 45.1 Å². The van der Waals surface area contributed by atoms with Gasteiger partial charge in [-0.25, -0.2) is 4.79 Å². The van der Waals surface area contributed by atoms with Gasteiger partial charge in [-0.2, -0.15) is 11.8 Å². The van der Waals surface area contributed by atoms with Crippen LogP contribution in [0.5, 0.6) is 0 Å². The van der Waals surface area contributed by atoms with Crippen molar-refractivity contribution < 1.29 is 14.3 Å². The zero-order valence-corrected chi connectivity index (χ0v) is 15.9. The summed E-state index contributed by atoms with van der Waals surface area (Å²) in [5.74, 6) is 0.660. The van der Waals surface area contributed by atoms with Crippen LogP contribution in [0.1, 0.15) is 31.7 Å². The summed E-state index contributed by atoms with van der Waals surface area (Å²) >= 11 is 14.1. The van der Waals surface area contributed by atoms with Gasteiger partial charge in [0.1, 0.15) is 6.61 Å². The molecular weight excluding hydrogens is 369 g/mol. The molecule has 0 radical (unpaired) electrons. The van der Waals surface area contributed by atoms with Gasteiger partial charge in [0, 0.05) is 23.8 Å². The number of hydrogen-bond donors (Lipinski definition) is 1. The van der Waals surface area contributed by atoms with Crippen LogP contribution in [-0.2, 0) is 14.3 Å². The van der Waals surface area contributed by atoms with Crippen LogP contribution in [0.15, 0.2) is 29.5 Å². The summed E-state index contributed by atoms with van der Waals surface area (Å²) in [5.41, 5.74) is 1.59. The van der Waals surface area contributed by atoms with Gasteiger partial charge >= 0.3 is 5.97 Å². The zero-order chi connectivity index (χ0) is 17.7. The molecule has 0 saturated heterocycles. The smallest absolute Gasteiger partial charge is 0.336 e. The molecule has 1 aromatic carbocycles. The molecule has 0 aliphatic carbocycles. The third-order valence-corrected chi connectivity index (χ3v) is 5.41. The quantitative estimate of drug-likeness (QED) is 0.587. The van der Waals surface area contributed by atoms with E-state index in [2.05, 4.69) is 5.32 Å². The SMILES string of the molecule is CCSCCOC(=O)C1=C(C)NC(=O)C[C@@H]1c1cccc(Cl)c1Cl. The van der Waals surface area contributed by atoms with E-state index in [1.807, 2.05) is 6.92 Å². The summed E-state index contributed by atoms with van der Waals surface area (Å²) in [4.78, 5) is 24.5. The molecule has 24 heavy (non-hydrogen) atoms. The second-order valence-corrected chi connectivity index (χ2v) is 7.50. The minimum absolute atomic E-state index is 0.131. The first-order valence-corrected chi connectivity index (χ1v) is 9.56. The number of nitrogens with one attached hydrogen (secondary N) is 1.